The third-order valence-electron chi connectivity index (χ3n) is 4.83. The number of hydrogen-bond acceptors (Lipinski definition) is 6. The molecule has 1 saturated heterocycles. The second kappa shape index (κ2) is 6.41. The first-order chi connectivity index (χ1) is 11.3. The summed E-state index contributed by atoms with van der Waals surface area (Å²) in [5.74, 6) is 2.01. The van der Waals surface area contributed by atoms with Crippen molar-refractivity contribution in [2.24, 2.45) is 0 Å². The van der Waals surface area contributed by atoms with Crippen LogP contribution in [-0.2, 0) is 30.7 Å². The molecule has 7 nitrogen and oxygen atoms in total. The number of rotatable bonds is 4. The average Bonchev–Trinajstić information content (AvgIpc) is 3.22. The topological polar surface area (TPSA) is 69.2 Å². The molecule has 0 N–H and O–H groups in total. The van der Waals surface area contributed by atoms with E-state index in [0.29, 0.717) is 6.61 Å². The zero-order chi connectivity index (χ0) is 15.6. The largest absolute Gasteiger partial charge is 0.368 e. The van der Waals surface area contributed by atoms with Gasteiger partial charge in [0.25, 0.3) is 0 Å². The van der Waals surface area contributed by atoms with Crippen LogP contribution in [0.2, 0.25) is 0 Å². The smallest absolute Gasteiger partial charge is 0.163 e. The molecule has 23 heavy (non-hydrogen) atoms. The normalized spacial score (nSPS) is 22.2. The summed E-state index contributed by atoms with van der Waals surface area (Å²) < 4.78 is 13.5. The van der Waals surface area contributed by atoms with E-state index in [1.165, 1.54) is 18.4 Å². The summed E-state index contributed by atoms with van der Waals surface area (Å²) in [7, 11) is 0. The molecule has 3 heterocycles. The van der Waals surface area contributed by atoms with Gasteiger partial charge in [0.1, 0.15) is 23.9 Å². The second-order valence-corrected chi connectivity index (χ2v) is 6.31. The molecule has 1 fully saturated rings. The number of hydrogen-bond donors (Lipinski definition) is 0. The number of morpholine rings is 1. The van der Waals surface area contributed by atoms with E-state index >= 15 is 0 Å². The Morgan fingerprint density at radius 2 is 2.22 bits per heavy atom. The fraction of sp³-hybridized carbons (Fsp3) is 0.688. The monoisotopic (exact) mass is 317 g/mol. The van der Waals surface area contributed by atoms with Crippen molar-refractivity contribution in [3.63, 3.8) is 0 Å². The van der Waals surface area contributed by atoms with E-state index in [9.17, 15) is 0 Å². The lowest BCUT2D eigenvalue weighted by Gasteiger charge is -2.32. The Kier molecular flexibility index (Phi) is 4.13. The Morgan fingerprint density at radius 3 is 3.13 bits per heavy atom. The Labute approximate surface area is 135 Å². The van der Waals surface area contributed by atoms with Gasteiger partial charge in [-0.05, 0) is 26.2 Å². The molecule has 1 aliphatic heterocycles. The molecule has 7 heteroatoms. The van der Waals surface area contributed by atoms with Crippen molar-refractivity contribution in [3.05, 3.63) is 29.2 Å². The molecule has 1 aliphatic carbocycles. The molecule has 2 aliphatic rings. The lowest BCUT2D eigenvalue weighted by atomic mass is 9.96. The van der Waals surface area contributed by atoms with Gasteiger partial charge >= 0.3 is 0 Å². The maximum atomic E-state index is 5.92. The van der Waals surface area contributed by atoms with Crippen LogP contribution in [0.25, 0.3) is 0 Å². The SMILES string of the molecule is CCn1cnnc1C1CN(Cc2noc3c2CCCC3)CCO1. The molecule has 2 aromatic rings. The van der Waals surface area contributed by atoms with E-state index in [0.717, 1.165) is 56.3 Å². The van der Waals surface area contributed by atoms with E-state index in [1.807, 2.05) is 4.57 Å². The number of nitrogens with zero attached hydrogens (tertiary/aromatic N) is 5. The Bertz CT molecular complexity index is 665. The Morgan fingerprint density at radius 1 is 1.30 bits per heavy atom. The molecule has 124 valence electrons. The summed E-state index contributed by atoms with van der Waals surface area (Å²) in [6, 6.07) is 0. The van der Waals surface area contributed by atoms with E-state index < -0.39 is 0 Å². The minimum Gasteiger partial charge on any atom is -0.368 e. The summed E-state index contributed by atoms with van der Waals surface area (Å²) in [6.07, 6.45) is 6.35. The van der Waals surface area contributed by atoms with Crippen molar-refractivity contribution >= 4 is 0 Å². The van der Waals surface area contributed by atoms with Crippen molar-refractivity contribution in [3.8, 4) is 0 Å². The quantitative estimate of drug-likeness (QED) is 0.855. The number of aryl methyl sites for hydroxylation is 2. The first-order valence-corrected chi connectivity index (χ1v) is 8.53. The van der Waals surface area contributed by atoms with Crippen LogP contribution in [0.15, 0.2) is 10.9 Å². The van der Waals surface area contributed by atoms with Gasteiger partial charge in [-0.1, -0.05) is 5.16 Å². The molecule has 2 aromatic heterocycles. The second-order valence-electron chi connectivity index (χ2n) is 6.31. The standard InChI is InChI=1S/C16H23N5O2/c1-2-21-11-17-18-16(21)15-10-20(7-8-22-15)9-13-12-5-3-4-6-14(12)23-19-13/h11,15H,2-10H2,1H3. The van der Waals surface area contributed by atoms with Gasteiger partial charge in [0, 0.05) is 38.2 Å². The first kappa shape index (κ1) is 14.8. The molecule has 0 radical (unpaired) electrons. The van der Waals surface area contributed by atoms with Gasteiger partial charge in [-0.2, -0.15) is 0 Å². The van der Waals surface area contributed by atoms with Crippen LogP contribution in [0.5, 0.6) is 0 Å². The highest BCUT2D eigenvalue weighted by Crippen LogP contribution is 2.27. The van der Waals surface area contributed by atoms with Crippen molar-refractivity contribution in [1.82, 2.24) is 24.8 Å². The summed E-state index contributed by atoms with van der Waals surface area (Å²) in [5, 5.41) is 12.6. The molecule has 0 saturated carbocycles. The highest BCUT2D eigenvalue weighted by atomic mass is 16.5. The van der Waals surface area contributed by atoms with Crippen molar-refractivity contribution in [2.75, 3.05) is 19.7 Å². The third-order valence-corrected chi connectivity index (χ3v) is 4.83. The average molecular weight is 317 g/mol. The van der Waals surface area contributed by atoms with Crippen LogP contribution in [0.4, 0.5) is 0 Å². The van der Waals surface area contributed by atoms with Crippen molar-refractivity contribution < 1.29 is 9.26 Å². The Balaban J connectivity index is 1.47. The molecule has 0 amide bonds. The van der Waals surface area contributed by atoms with Gasteiger partial charge in [0.15, 0.2) is 5.82 Å². The lowest BCUT2D eigenvalue weighted by molar-refractivity contribution is -0.0394. The van der Waals surface area contributed by atoms with E-state index in [4.69, 9.17) is 9.26 Å². The maximum Gasteiger partial charge on any atom is 0.163 e. The molecule has 0 spiro atoms. The van der Waals surface area contributed by atoms with E-state index in [2.05, 4.69) is 27.2 Å². The summed E-state index contributed by atoms with van der Waals surface area (Å²) in [6.45, 7) is 6.23. The number of fused-ring (bicyclic) bond motifs is 1. The van der Waals surface area contributed by atoms with Gasteiger partial charge in [0.2, 0.25) is 0 Å². The van der Waals surface area contributed by atoms with Crippen LogP contribution >= 0.6 is 0 Å². The highest BCUT2D eigenvalue weighted by molar-refractivity contribution is 5.25. The van der Waals surface area contributed by atoms with Crippen molar-refractivity contribution in [2.45, 2.75) is 51.8 Å². The first-order valence-electron chi connectivity index (χ1n) is 8.53. The predicted octanol–water partition coefficient (Wildman–Crippen LogP) is 1.74. The fourth-order valence-electron chi connectivity index (χ4n) is 3.54. The molecule has 0 bridgehead atoms. The van der Waals surface area contributed by atoms with Gasteiger partial charge in [-0.3, -0.25) is 4.90 Å². The fourth-order valence-corrected chi connectivity index (χ4v) is 3.54. The zero-order valence-corrected chi connectivity index (χ0v) is 13.6. The Hall–Kier alpha value is -1.73. The summed E-state index contributed by atoms with van der Waals surface area (Å²) in [4.78, 5) is 2.38. The molecule has 0 aromatic carbocycles. The van der Waals surface area contributed by atoms with E-state index in [1.54, 1.807) is 6.33 Å². The molecule has 1 unspecified atom stereocenters. The maximum absolute atomic E-state index is 5.92. The van der Waals surface area contributed by atoms with Gasteiger partial charge in [-0.25, -0.2) is 0 Å². The van der Waals surface area contributed by atoms with Gasteiger partial charge < -0.3 is 13.8 Å². The van der Waals surface area contributed by atoms with E-state index in [-0.39, 0.29) is 6.10 Å². The van der Waals surface area contributed by atoms with Crippen LogP contribution in [0, 0.1) is 0 Å². The lowest BCUT2D eigenvalue weighted by Crippen LogP contribution is -2.39. The van der Waals surface area contributed by atoms with Crippen LogP contribution in [0.3, 0.4) is 0 Å². The molecular formula is C16H23N5O2. The predicted molar refractivity (Wildman–Crippen MR) is 82.8 cm³/mol. The highest BCUT2D eigenvalue weighted by Gasteiger charge is 2.28. The minimum absolute atomic E-state index is 0.0195. The molecule has 1 atom stereocenters. The van der Waals surface area contributed by atoms with Crippen LogP contribution in [-0.4, -0.2) is 44.5 Å². The zero-order valence-electron chi connectivity index (χ0n) is 13.6. The van der Waals surface area contributed by atoms with Gasteiger partial charge in [0.05, 0.1) is 6.61 Å². The minimum atomic E-state index is -0.0195. The molecular weight excluding hydrogens is 294 g/mol. The summed E-state index contributed by atoms with van der Waals surface area (Å²) >= 11 is 0. The third kappa shape index (κ3) is 2.90. The number of aromatic nitrogens is 4. The molecule has 4 rings (SSSR count). The summed E-state index contributed by atoms with van der Waals surface area (Å²) in [5.41, 5.74) is 2.45. The number of ether oxygens (including phenoxy) is 1. The van der Waals surface area contributed by atoms with Gasteiger partial charge in [-0.15, -0.1) is 10.2 Å². The van der Waals surface area contributed by atoms with Crippen LogP contribution < -0.4 is 0 Å². The van der Waals surface area contributed by atoms with Crippen LogP contribution in [0.1, 0.15) is 48.7 Å². The van der Waals surface area contributed by atoms with Crippen molar-refractivity contribution in [1.29, 1.82) is 0 Å².